The normalized spacial score (nSPS) is 11.1. The summed E-state index contributed by atoms with van der Waals surface area (Å²) < 4.78 is 6.21. The number of nitrogens with zero attached hydrogens (tertiary/aromatic N) is 2. The molecule has 0 bridgehead atoms. The molecule has 0 saturated carbocycles. The van der Waals surface area contributed by atoms with Gasteiger partial charge in [-0.25, -0.2) is 9.97 Å². The van der Waals surface area contributed by atoms with Crippen molar-refractivity contribution in [2.45, 2.75) is 6.42 Å². The molecule has 0 aliphatic carbocycles. The van der Waals surface area contributed by atoms with Gasteiger partial charge >= 0.3 is 5.97 Å². The van der Waals surface area contributed by atoms with Gasteiger partial charge in [-0.1, -0.05) is 91.0 Å². The third-order valence-corrected chi connectivity index (χ3v) is 6.30. The number of carbonyl (C=O) groups is 1. The maximum atomic E-state index is 11.0. The molecule has 6 aromatic rings. The summed E-state index contributed by atoms with van der Waals surface area (Å²) in [5.74, 6) is 0.286. The second-order valence-corrected chi connectivity index (χ2v) is 8.76. The zero-order chi connectivity index (χ0) is 25.2. The van der Waals surface area contributed by atoms with E-state index < -0.39 is 5.97 Å². The Labute approximate surface area is 213 Å². The molecule has 6 rings (SSSR count). The average Bonchev–Trinajstić information content (AvgIpc) is 3.32. The first-order chi connectivity index (χ1) is 18.2. The van der Waals surface area contributed by atoms with E-state index >= 15 is 0 Å². The second-order valence-electron chi connectivity index (χ2n) is 8.76. The van der Waals surface area contributed by atoms with Crippen LogP contribution in [0.2, 0.25) is 0 Å². The number of fused-ring (bicyclic) bond motifs is 3. The van der Waals surface area contributed by atoms with Crippen LogP contribution in [0.3, 0.4) is 0 Å². The van der Waals surface area contributed by atoms with E-state index in [2.05, 4.69) is 34.6 Å². The number of carboxylic acid groups (broad SMARTS) is 1. The Kier molecular flexibility index (Phi) is 5.83. The van der Waals surface area contributed by atoms with E-state index in [1.54, 1.807) is 0 Å². The van der Waals surface area contributed by atoms with Crippen LogP contribution in [-0.4, -0.2) is 27.6 Å². The fourth-order valence-electron chi connectivity index (χ4n) is 4.49. The Morgan fingerprint density at radius 2 is 1.49 bits per heavy atom. The van der Waals surface area contributed by atoms with Crippen LogP contribution in [0.5, 0.6) is 0 Å². The zero-order valence-corrected chi connectivity index (χ0v) is 19.9. The van der Waals surface area contributed by atoms with Crippen molar-refractivity contribution in [3.8, 4) is 33.8 Å². The molecule has 0 aliphatic rings. The van der Waals surface area contributed by atoms with Crippen LogP contribution in [0.15, 0.2) is 108 Å². The number of furan rings is 1. The number of hydrogen-bond acceptors (Lipinski definition) is 5. The van der Waals surface area contributed by atoms with E-state index in [9.17, 15) is 4.79 Å². The Morgan fingerprint density at radius 1 is 0.757 bits per heavy atom. The van der Waals surface area contributed by atoms with Crippen LogP contribution < -0.4 is 5.32 Å². The molecule has 0 radical (unpaired) electrons. The largest absolute Gasteiger partial charge is 0.481 e. The van der Waals surface area contributed by atoms with E-state index in [0.29, 0.717) is 11.6 Å². The Balaban J connectivity index is 1.38. The first kappa shape index (κ1) is 22.5. The highest BCUT2D eigenvalue weighted by Gasteiger charge is 2.13. The average molecular weight is 486 g/mol. The number of anilines is 1. The fraction of sp³-hybridized carbons (Fsp3) is 0.0645. The van der Waals surface area contributed by atoms with Crippen LogP contribution >= 0.6 is 0 Å². The van der Waals surface area contributed by atoms with E-state index in [1.165, 1.54) is 0 Å². The minimum Gasteiger partial charge on any atom is -0.481 e. The molecule has 0 saturated heterocycles. The van der Waals surface area contributed by atoms with Crippen molar-refractivity contribution in [2.24, 2.45) is 0 Å². The van der Waals surface area contributed by atoms with Gasteiger partial charge in [0.25, 0.3) is 0 Å². The van der Waals surface area contributed by atoms with E-state index in [-0.39, 0.29) is 13.0 Å². The Bertz CT molecular complexity index is 1720. The van der Waals surface area contributed by atoms with Crippen molar-refractivity contribution in [1.29, 1.82) is 0 Å². The number of carboxylic acids is 1. The lowest BCUT2D eigenvalue weighted by Gasteiger charge is -2.11. The van der Waals surface area contributed by atoms with Gasteiger partial charge in [-0.05, 0) is 11.6 Å². The third kappa shape index (κ3) is 4.52. The fourth-order valence-corrected chi connectivity index (χ4v) is 4.49. The molecule has 0 aliphatic heterocycles. The van der Waals surface area contributed by atoms with Crippen molar-refractivity contribution in [3.05, 3.63) is 103 Å². The van der Waals surface area contributed by atoms with Crippen LogP contribution in [0.4, 0.5) is 5.82 Å². The number of benzene rings is 4. The van der Waals surface area contributed by atoms with Crippen molar-refractivity contribution >= 4 is 33.7 Å². The maximum Gasteiger partial charge on any atom is 0.305 e. The maximum absolute atomic E-state index is 11.0. The monoisotopic (exact) mass is 485 g/mol. The van der Waals surface area contributed by atoms with Gasteiger partial charge in [-0.2, -0.15) is 0 Å². The lowest BCUT2D eigenvalue weighted by atomic mass is 10.0. The quantitative estimate of drug-likeness (QED) is 0.247. The van der Waals surface area contributed by atoms with Crippen molar-refractivity contribution in [1.82, 2.24) is 9.97 Å². The number of para-hydroxylation sites is 2. The lowest BCUT2D eigenvalue weighted by molar-refractivity contribution is -0.136. The highest BCUT2D eigenvalue weighted by atomic mass is 16.4. The molecule has 4 aromatic carbocycles. The standard InChI is InChI=1S/C31H23N3O3/c35-29(36)17-18-32-28-19-26(21-7-2-1-3-8-21)33-31(34-28)22-15-13-20(14-16-22)23-10-6-11-25-24-9-4-5-12-27(24)37-30(23)25/h1-16,19H,17-18H2,(H,35,36)(H,32,33,34). The molecule has 6 nitrogen and oxygen atoms in total. The first-order valence-electron chi connectivity index (χ1n) is 12.1. The first-order valence-corrected chi connectivity index (χ1v) is 12.1. The predicted octanol–water partition coefficient (Wildman–Crippen LogP) is 7.26. The zero-order valence-electron chi connectivity index (χ0n) is 19.9. The number of aliphatic carboxylic acids is 1. The van der Waals surface area contributed by atoms with Gasteiger partial charge in [0.15, 0.2) is 5.82 Å². The predicted molar refractivity (Wildman–Crippen MR) is 146 cm³/mol. The molecule has 0 amide bonds. The molecule has 0 spiro atoms. The Hall–Kier alpha value is -4.97. The second kappa shape index (κ2) is 9.59. The molecule has 180 valence electrons. The topological polar surface area (TPSA) is 88.2 Å². The molecule has 2 N–H and O–H groups in total. The van der Waals surface area contributed by atoms with Gasteiger partial charge in [0.1, 0.15) is 17.0 Å². The third-order valence-electron chi connectivity index (χ3n) is 6.30. The molecular formula is C31H23N3O3. The lowest BCUT2D eigenvalue weighted by Crippen LogP contribution is -2.09. The number of nitrogens with one attached hydrogen (secondary N) is 1. The number of hydrogen-bond donors (Lipinski definition) is 2. The minimum absolute atomic E-state index is 0.00202. The highest BCUT2D eigenvalue weighted by Crippen LogP contribution is 2.36. The molecular weight excluding hydrogens is 462 g/mol. The summed E-state index contributed by atoms with van der Waals surface area (Å²) in [4.78, 5) is 20.5. The molecule has 37 heavy (non-hydrogen) atoms. The summed E-state index contributed by atoms with van der Waals surface area (Å²) in [5.41, 5.74) is 6.38. The summed E-state index contributed by atoms with van der Waals surface area (Å²) in [6.45, 7) is 0.278. The number of aromatic nitrogens is 2. The molecule has 0 unspecified atom stereocenters. The van der Waals surface area contributed by atoms with Gasteiger partial charge in [-0.15, -0.1) is 0 Å². The van der Waals surface area contributed by atoms with E-state index in [0.717, 1.165) is 49.9 Å². The van der Waals surface area contributed by atoms with Crippen LogP contribution in [0.1, 0.15) is 6.42 Å². The molecule has 6 heteroatoms. The van der Waals surface area contributed by atoms with Crippen LogP contribution in [0.25, 0.3) is 55.7 Å². The van der Waals surface area contributed by atoms with Crippen LogP contribution in [-0.2, 0) is 4.79 Å². The Morgan fingerprint density at radius 3 is 2.30 bits per heavy atom. The van der Waals surface area contributed by atoms with Crippen molar-refractivity contribution in [3.63, 3.8) is 0 Å². The van der Waals surface area contributed by atoms with Gasteiger partial charge in [0.05, 0.1) is 12.1 Å². The minimum atomic E-state index is -0.861. The summed E-state index contributed by atoms with van der Waals surface area (Å²) in [6.07, 6.45) is 0.00202. The molecule has 0 atom stereocenters. The van der Waals surface area contributed by atoms with Gasteiger partial charge in [-0.3, -0.25) is 4.79 Å². The SMILES string of the molecule is O=C(O)CCNc1cc(-c2ccccc2)nc(-c2ccc(-c3cccc4c3oc3ccccc34)cc2)n1. The molecule has 2 aromatic heterocycles. The van der Waals surface area contributed by atoms with E-state index in [4.69, 9.17) is 14.5 Å². The summed E-state index contributed by atoms with van der Waals surface area (Å²) in [7, 11) is 0. The highest BCUT2D eigenvalue weighted by molar-refractivity contribution is 6.09. The van der Waals surface area contributed by atoms with Crippen molar-refractivity contribution in [2.75, 3.05) is 11.9 Å². The van der Waals surface area contributed by atoms with Crippen molar-refractivity contribution < 1.29 is 14.3 Å². The summed E-state index contributed by atoms with van der Waals surface area (Å²) in [5, 5.41) is 14.3. The summed E-state index contributed by atoms with van der Waals surface area (Å²) >= 11 is 0. The molecule has 2 heterocycles. The van der Waals surface area contributed by atoms with Gasteiger partial charge in [0, 0.05) is 40.1 Å². The summed E-state index contributed by atoms with van der Waals surface area (Å²) in [6, 6.07) is 34.1. The smallest absolute Gasteiger partial charge is 0.305 e. The van der Waals surface area contributed by atoms with Gasteiger partial charge < -0.3 is 14.8 Å². The van der Waals surface area contributed by atoms with Crippen LogP contribution in [0, 0.1) is 0 Å². The molecule has 0 fully saturated rings. The van der Waals surface area contributed by atoms with Gasteiger partial charge in [0.2, 0.25) is 0 Å². The van der Waals surface area contributed by atoms with E-state index in [1.807, 2.05) is 78.9 Å². The number of rotatable bonds is 7.